The maximum atomic E-state index is 12.3. The number of aromatic nitrogens is 1. The van der Waals surface area contributed by atoms with E-state index in [9.17, 15) is 13.2 Å². The third-order valence-electron chi connectivity index (χ3n) is 5.11. The SMILES string of the molecule is CC(=O)N1CCCN(S(C)(=O)=O)CCN(Cc2cccnc2)Cc2ccccc21. The number of sulfonamides is 1. The number of carbonyl (C=O) groups excluding carboxylic acids is 1. The monoisotopic (exact) mass is 416 g/mol. The Labute approximate surface area is 173 Å². The van der Waals surface area contributed by atoms with Gasteiger partial charge in [-0.3, -0.25) is 14.7 Å². The summed E-state index contributed by atoms with van der Waals surface area (Å²) in [6.07, 6.45) is 5.40. The van der Waals surface area contributed by atoms with Gasteiger partial charge < -0.3 is 4.90 Å². The Hall–Kier alpha value is -2.29. The molecule has 0 unspecified atom stereocenters. The number of benzene rings is 1. The molecule has 1 aliphatic heterocycles. The zero-order valence-corrected chi connectivity index (χ0v) is 17.8. The molecule has 1 aromatic heterocycles. The van der Waals surface area contributed by atoms with E-state index in [0.717, 1.165) is 16.8 Å². The van der Waals surface area contributed by atoms with Crippen molar-refractivity contribution >= 4 is 21.6 Å². The number of rotatable bonds is 3. The molecule has 0 saturated carbocycles. The molecule has 8 heteroatoms. The summed E-state index contributed by atoms with van der Waals surface area (Å²) < 4.78 is 26.0. The molecule has 156 valence electrons. The van der Waals surface area contributed by atoms with Crippen LogP contribution in [0.2, 0.25) is 0 Å². The lowest BCUT2D eigenvalue weighted by molar-refractivity contribution is -0.116. The van der Waals surface area contributed by atoms with Gasteiger partial charge in [0.1, 0.15) is 0 Å². The number of fused-ring (bicyclic) bond motifs is 1. The Bertz CT molecular complexity index is 934. The van der Waals surface area contributed by atoms with E-state index >= 15 is 0 Å². The van der Waals surface area contributed by atoms with Gasteiger partial charge in [0.15, 0.2) is 0 Å². The molecule has 1 aromatic carbocycles. The molecule has 7 nitrogen and oxygen atoms in total. The maximum absolute atomic E-state index is 12.3. The second-order valence-corrected chi connectivity index (χ2v) is 9.37. The highest BCUT2D eigenvalue weighted by Crippen LogP contribution is 2.24. The standard InChI is InChI=1S/C21H28N4O3S/c1-18(26)25-12-6-11-24(29(2,27)28)14-13-23(16-19-7-5-10-22-15-19)17-20-8-3-4-9-21(20)25/h3-5,7-10,15H,6,11-14,16-17H2,1-2H3. The first-order valence-electron chi connectivity index (χ1n) is 9.77. The smallest absolute Gasteiger partial charge is 0.223 e. The van der Waals surface area contributed by atoms with E-state index in [1.807, 2.05) is 42.6 Å². The van der Waals surface area contributed by atoms with Crippen LogP contribution in [0.5, 0.6) is 0 Å². The molecular formula is C21H28N4O3S. The van der Waals surface area contributed by atoms with Crippen LogP contribution in [0, 0.1) is 0 Å². The van der Waals surface area contributed by atoms with Gasteiger partial charge in [-0.05, 0) is 29.7 Å². The topological polar surface area (TPSA) is 73.8 Å². The fourth-order valence-corrected chi connectivity index (χ4v) is 4.54. The average Bonchev–Trinajstić information content (AvgIpc) is 2.70. The number of para-hydroxylation sites is 1. The van der Waals surface area contributed by atoms with Crippen LogP contribution in [0.4, 0.5) is 5.69 Å². The summed E-state index contributed by atoms with van der Waals surface area (Å²) in [7, 11) is -3.32. The maximum Gasteiger partial charge on any atom is 0.223 e. The molecule has 3 rings (SSSR count). The first kappa shape index (κ1) is 21.4. The fraction of sp³-hybridized carbons (Fsp3) is 0.429. The minimum atomic E-state index is -3.32. The Morgan fingerprint density at radius 3 is 2.55 bits per heavy atom. The van der Waals surface area contributed by atoms with Crippen LogP contribution < -0.4 is 4.90 Å². The van der Waals surface area contributed by atoms with Crippen molar-refractivity contribution in [2.75, 3.05) is 37.3 Å². The molecular weight excluding hydrogens is 388 g/mol. The molecule has 29 heavy (non-hydrogen) atoms. The van der Waals surface area contributed by atoms with Crippen molar-refractivity contribution in [2.45, 2.75) is 26.4 Å². The van der Waals surface area contributed by atoms with Gasteiger partial charge in [-0.15, -0.1) is 0 Å². The van der Waals surface area contributed by atoms with Crippen molar-refractivity contribution in [1.29, 1.82) is 0 Å². The normalized spacial score (nSPS) is 17.4. The van der Waals surface area contributed by atoms with E-state index in [2.05, 4.69) is 9.88 Å². The van der Waals surface area contributed by atoms with Crippen LogP contribution in [-0.4, -0.2) is 60.9 Å². The lowest BCUT2D eigenvalue weighted by Crippen LogP contribution is -2.39. The number of hydrogen-bond acceptors (Lipinski definition) is 5. The summed E-state index contributed by atoms with van der Waals surface area (Å²) in [5.74, 6) is -0.0404. The Kier molecular flexibility index (Phi) is 7.00. The molecule has 0 fully saturated rings. The van der Waals surface area contributed by atoms with E-state index in [4.69, 9.17) is 0 Å². The number of hydrogen-bond donors (Lipinski definition) is 0. The quantitative estimate of drug-likeness (QED) is 0.766. The highest BCUT2D eigenvalue weighted by Gasteiger charge is 2.23. The highest BCUT2D eigenvalue weighted by molar-refractivity contribution is 7.88. The number of carbonyl (C=O) groups is 1. The van der Waals surface area contributed by atoms with Crippen molar-refractivity contribution < 1.29 is 13.2 Å². The minimum Gasteiger partial charge on any atom is -0.312 e. The van der Waals surface area contributed by atoms with Gasteiger partial charge in [-0.25, -0.2) is 12.7 Å². The molecule has 0 N–H and O–H groups in total. The summed E-state index contributed by atoms with van der Waals surface area (Å²) in [5, 5.41) is 0. The number of anilines is 1. The summed E-state index contributed by atoms with van der Waals surface area (Å²) in [5.41, 5.74) is 3.01. The molecule has 0 atom stereocenters. The van der Waals surface area contributed by atoms with Crippen molar-refractivity contribution in [1.82, 2.24) is 14.2 Å². The van der Waals surface area contributed by atoms with Gasteiger partial charge in [0, 0.05) is 64.3 Å². The van der Waals surface area contributed by atoms with Crippen molar-refractivity contribution in [2.24, 2.45) is 0 Å². The van der Waals surface area contributed by atoms with Gasteiger partial charge in [0.05, 0.1) is 6.26 Å². The summed E-state index contributed by atoms with van der Waals surface area (Å²) in [6, 6.07) is 11.8. The summed E-state index contributed by atoms with van der Waals surface area (Å²) in [4.78, 5) is 20.5. The van der Waals surface area contributed by atoms with Gasteiger partial charge in [0.25, 0.3) is 0 Å². The molecule has 0 saturated heterocycles. The molecule has 0 bridgehead atoms. The van der Waals surface area contributed by atoms with Crippen LogP contribution in [0.25, 0.3) is 0 Å². The zero-order valence-electron chi connectivity index (χ0n) is 17.0. The van der Waals surface area contributed by atoms with Gasteiger partial charge in [-0.1, -0.05) is 24.3 Å². The van der Waals surface area contributed by atoms with Crippen LogP contribution in [-0.2, 0) is 27.9 Å². The van der Waals surface area contributed by atoms with E-state index in [1.54, 1.807) is 18.0 Å². The predicted molar refractivity (Wildman–Crippen MR) is 114 cm³/mol. The molecule has 1 amide bonds. The average molecular weight is 417 g/mol. The van der Waals surface area contributed by atoms with E-state index in [0.29, 0.717) is 45.7 Å². The van der Waals surface area contributed by atoms with Gasteiger partial charge in [0.2, 0.25) is 15.9 Å². The largest absolute Gasteiger partial charge is 0.312 e. The number of nitrogens with zero attached hydrogens (tertiary/aromatic N) is 4. The van der Waals surface area contributed by atoms with Crippen LogP contribution in [0.1, 0.15) is 24.5 Å². The Morgan fingerprint density at radius 1 is 1.07 bits per heavy atom. The molecule has 2 heterocycles. The highest BCUT2D eigenvalue weighted by atomic mass is 32.2. The third kappa shape index (κ3) is 5.85. The molecule has 0 radical (unpaired) electrons. The van der Waals surface area contributed by atoms with E-state index in [1.165, 1.54) is 10.6 Å². The second-order valence-electron chi connectivity index (χ2n) is 7.39. The van der Waals surface area contributed by atoms with Crippen molar-refractivity contribution in [3.05, 3.63) is 59.9 Å². The zero-order chi connectivity index (χ0) is 20.9. The Morgan fingerprint density at radius 2 is 1.86 bits per heavy atom. The number of pyridine rings is 1. The molecule has 0 spiro atoms. The van der Waals surface area contributed by atoms with Gasteiger partial charge in [-0.2, -0.15) is 0 Å². The first-order chi connectivity index (χ1) is 13.8. The fourth-order valence-electron chi connectivity index (χ4n) is 3.66. The minimum absolute atomic E-state index is 0.0404. The van der Waals surface area contributed by atoms with Crippen molar-refractivity contribution in [3.63, 3.8) is 0 Å². The predicted octanol–water partition coefficient (Wildman–Crippen LogP) is 2.10. The van der Waals surface area contributed by atoms with Crippen LogP contribution in [0.15, 0.2) is 48.8 Å². The van der Waals surface area contributed by atoms with E-state index < -0.39 is 10.0 Å². The van der Waals surface area contributed by atoms with Crippen molar-refractivity contribution in [3.8, 4) is 0 Å². The lowest BCUT2D eigenvalue weighted by atomic mass is 10.1. The van der Waals surface area contributed by atoms with Gasteiger partial charge >= 0.3 is 0 Å². The summed E-state index contributed by atoms with van der Waals surface area (Å²) >= 11 is 0. The molecule has 0 aliphatic carbocycles. The molecule has 2 aromatic rings. The van der Waals surface area contributed by atoms with E-state index in [-0.39, 0.29) is 5.91 Å². The lowest BCUT2D eigenvalue weighted by Gasteiger charge is -2.27. The van der Waals surface area contributed by atoms with Crippen LogP contribution in [0.3, 0.4) is 0 Å². The molecule has 1 aliphatic rings. The second kappa shape index (κ2) is 9.47. The first-order valence-corrected chi connectivity index (χ1v) is 11.6. The van der Waals surface area contributed by atoms with Crippen LogP contribution >= 0.6 is 0 Å². The Balaban J connectivity index is 1.95. The third-order valence-corrected chi connectivity index (χ3v) is 6.41. The summed E-state index contributed by atoms with van der Waals surface area (Å²) in [6.45, 7) is 4.72. The number of amides is 1.